The van der Waals surface area contributed by atoms with Gasteiger partial charge in [-0.25, -0.2) is 4.98 Å². The van der Waals surface area contributed by atoms with Crippen molar-refractivity contribution in [2.45, 2.75) is 12.5 Å². The Morgan fingerprint density at radius 1 is 1.17 bits per heavy atom. The van der Waals surface area contributed by atoms with Crippen LogP contribution < -0.4 is 10.1 Å². The molecule has 0 aliphatic rings. The number of carbonyl (C=O) groups is 2. The van der Waals surface area contributed by atoms with Crippen LogP contribution in [-0.2, 0) is 20.7 Å². The summed E-state index contributed by atoms with van der Waals surface area (Å²) in [6, 6.07) is 15.9. The monoisotopic (exact) mass is 421 g/mol. The van der Waals surface area contributed by atoms with E-state index in [1.165, 1.54) is 11.3 Å². The molecule has 4 aromatic rings. The van der Waals surface area contributed by atoms with Crippen LogP contribution >= 0.6 is 11.3 Å². The second-order valence-electron chi connectivity index (χ2n) is 6.50. The van der Waals surface area contributed by atoms with Crippen molar-refractivity contribution in [2.24, 2.45) is 0 Å². The van der Waals surface area contributed by atoms with Crippen molar-refractivity contribution in [3.05, 3.63) is 83.6 Å². The smallest absolute Gasteiger partial charge is 0.313 e. The van der Waals surface area contributed by atoms with Gasteiger partial charge in [0.2, 0.25) is 6.10 Å². The van der Waals surface area contributed by atoms with Gasteiger partial charge in [0.1, 0.15) is 5.75 Å². The molecule has 8 heteroatoms. The Balaban J connectivity index is 1.51. The molecular formula is C22H19N3O4S. The lowest BCUT2D eigenvalue weighted by molar-refractivity contribution is -0.154. The third kappa shape index (κ3) is 4.49. The number of benzene rings is 2. The molecule has 2 aromatic carbocycles. The summed E-state index contributed by atoms with van der Waals surface area (Å²) in [6.07, 6.45) is 2.54. The minimum Gasteiger partial charge on any atom is -0.497 e. The molecule has 0 saturated heterocycles. The SMILES string of the molecule is COc1cccc(NC(=O)C(OC(=O)Cc2cn3ccsc3n2)c2ccccc2)c1. The predicted octanol–water partition coefficient (Wildman–Crippen LogP) is 3.87. The summed E-state index contributed by atoms with van der Waals surface area (Å²) in [6.45, 7) is 0. The number of nitrogens with zero attached hydrogens (tertiary/aromatic N) is 2. The zero-order valence-electron chi connectivity index (χ0n) is 16.1. The molecule has 2 heterocycles. The molecule has 0 spiro atoms. The van der Waals surface area contributed by atoms with E-state index < -0.39 is 18.0 Å². The highest BCUT2D eigenvalue weighted by atomic mass is 32.1. The van der Waals surface area contributed by atoms with Crippen molar-refractivity contribution < 1.29 is 19.1 Å². The summed E-state index contributed by atoms with van der Waals surface area (Å²) in [7, 11) is 1.55. The summed E-state index contributed by atoms with van der Waals surface area (Å²) < 4.78 is 12.6. The first-order chi connectivity index (χ1) is 14.6. The molecule has 0 bridgehead atoms. The first-order valence-electron chi connectivity index (χ1n) is 9.23. The number of rotatable bonds is 7. The Morgan fingerprint density at radius 2 is 2.00 bits per heavy atom. The molecule has 1 N–H and O–H groups in total. The van der Waals surface area contributed by atoms with Gasteiger partial charge in [-0.3, -0.25) is 14.0 Å². The van der Waals surface area contributed by atoms with E-state index >= 15 is 0 Å². The van der Waals surface area contributed by atoms with Crippen LogP contribution in [0.15, 0.2) is 72.4 Å². The van der Waals surface area contributed by atoms with Crippen molar-refractivity contribution in [1.82, 2.24) is 9.38 Å². The minimum absolute atomic E-state index is 0.0236. The summed E-state index contributed by atoms with van der Waals surface area (Å²) in [4.78, 5) is 30.7. The van der Waals surface area contributed by atoms with Crippen LogP contribution in [0.3, 0.4) is 0 Å². The molecule has 0 aliphatic carbocycles. The second kappa shape index (κ2) is 8.79. The third-order valence-corrected chi connectivity index (χ3v) is 5.17. The fourth-order valence-corrected chi connectivity index (χ4v) is 3.71. The van der Waals surface area contributed by atoms with Crippen LogP contribution in [0.2, 0.25) is 0 Å². The number of nitrogens with one attached hydrogen (secondary N) is 1. The molecule has 1 atom stereocenters. The number of thiazole rings is 1. The highest BCUT2D eigenvalue weighted by Crippen LogP contribution is 2.23. The van der Waals surface area contributed by atoms with Crippen LogP contribution in [-0.4, -0.2) is 28.4 Å². The van der Waals surface area contributed by atoms with Gasteiger partial charge in [-0.05, 0) is 12.1 Å². The summed E-state index contributed by atoms with van der Waals surface area (Å²) in [5.74, 6) is -0.371. The lowest BCUT2D eigenvalue weighted by Crippen LogP contribution is -2.26. The van der Waals surface area contributed by atoms with Gasteiger partial charge in [0.05, 0.1) is 19.2 Å². The standard InChI is InChI=1S/C22H19N3O4S/c1-28-18-9-5-8-16(12-18)23-21(27)20(15-6-3-2-4-7-15)29-19(26)13-17-14-25-10-11-30-22(25)24-17/h2-12,14,20H,13H2,1H3,(H,23,27). The van der Waals surface area contributed by atoms with Gasteiger partial charge in [0, 0.05) is 35.1 Å². The maximum absolute atomic E-state index is 13.0. The average Bonchev–Trinajstić information content (AvgIpc) is 3.34. The van der Waals surface area contributed by atoms with Gasteiger partial charge in [0.25, 0.3) is 5.91 Å². The van der Waals surface area contributed by atoms with E-state index in [1.54, 1.807) is 61.8 Å². The van der Waals surface area contributed by atoms with Gasteiger partial charge >= 0.3 is 5.97 Å². The van der Waals surface area contributed by atoms with Gasteiger partial charge in [0.15, 0.2) is 4.96 Å². The van der Waals surface area contributed by atoms with E-state index in [9.17, 15) is 9.59 Å². The Labute approximate surface area is 176 Å². The molecule has 1 amide bonds. The highest BCUT2D eigenvalue weighted by Gasteiger charge is 2.25. The van der Waals surface area contributed by atoms with Crippen molar-refractivity contribution in [1.29, 1.82) is 0 Å². The average molecular weight is 421 g/mol. The number of amides is 1. The van der Waals surface area contributed by atoms with Crippen molar-refractivity contribution >= 4 is 33.9 Å². The number of methoxy groups -OCH3 is 1. The van der Waals surface area contributed by atoms with Crippen LogP contribution in [0.5, 0.6) is 5.75 Å². The van der Waals surface area contributed by atoms with Crippen LogP contribution in [0.4, 0.5) is 5.69 Å². The third-order valence-electron chi connectivity index (χ3n) is 4.40. The second-order valence-corrected chi connectivity index (χ2v) is 7.38. The number of esters is 1. The summed E-state index contributed by atoms with van der Waals surface area (Å²) in [5.41, 5.74) is 1.72. The number of ether oxygens (including phenoxy) is 2. The molecule has 1 unspecified atom stereocenters. The number of fused-ring (bicyclic) bond motifs is 1. The van der Waals surface area contributed by atoms with E-state index in [0.717, 1.165) is 4.96 Å². The Bertz CT molecular complexity index is 1140. The van der Waals surface area contributed by atoms with E-state index in [-0.39, 0.29) is 6.42 Å². The fourth-order valence-electron chi connectivity index (χ4n) is 2.99. The van der Waals surface area contributed by atoms with Crippen molar-refractivity contribution in [3.8, 4) is 5.75 Å². The molecule has 152 valence electrons. The number of carbonyl (C=O) groups excluding carboxylic acids is 2. The highest BCUT2D eigenvalue weighted by molar-refractivity contribution is 7.15. The first kappa shape index (κ1) is 19.7. The topological polar surface area (TPSA) is 81.9 Å². The largest absolute Gasteiger partial charge is 0.497 e. The summed E-state index contributed by atoms with van der Waals surface area (Å²) >= 11 is 1.48. The number of hydrogen-bond acceptors (Lipinski definition) is 6. The molecular weight excluding hydrogens is 402 g/mol. The van der Waals surface area contributed by atoms with Crippen molar-refractivity contribution in [3.63, 3.8) is 0 Å². The lowest BCUT2D eigenvalue weighted by Gasteiger charge is -2.18. The van der Waals surface area contributed by atoms with Crippen LogP contribution in [0, 0.1) is 0 Å². The molecule has 0 radical (unpaired) electrons. The van der Waals surface area contributed by atoms with Crippen LogP contribution in [0.1, 0.15) is 17.4 Å². The zero-order chi connectivity index (χ0) is 20.9. The Morgan fingerprint density at radius 3 is 2.77 bits per heavy atom. The number of aromatic nitrogens is 2. The molecule has 4 rings (SSSR count). The molecule has 0 fully saturated rings. The Kier molecular flexibility index (Phi) is 5.76. The first-order valence-corrected chi connectivity index (χ1v) is 10.1. The van der Waals surface area contributed by atoms with Crippen molar-refractivity contribution in [2.75, 3.05) is 12.4 Å². The quantitative estimate of drug-likeness (QED) is 0.458. The van der Waals surface area contributed by atoms with Gasteiger partial charge in [-0.2, -0.15) is 0 Å². The predicted molar refractivity (Wildman–Crippen MR) is 114 cm³/mol. The number of imidazole rings is 1. The van der Waals surface area contributed by atoms with E-state index in [1.807, 2.05) is 22.0 Å². The molecule has 0 aliphatic heterocycles. The maximum atomic E-state index is 13.0. The molecule has 0 saturated carbocycles. The van der Waals surface area contributed by atoms with Gasteiger partial charge in [-0.1, -0.05) is 36.4 Å². The molecule has 7 nitrogen and oxygen atoms in total. The van der Waals surface area contributed by atoms with Gasteiger partial charge < -0.3 is 14.8 Å². The molecule has 30 heavy (non-hydrogen) atoms. The Hall–Kier alpha value is -3.65. The summed E-state index contributed by atoms with van der Waals surface area (Å²) in [5, 5.41) is 4.70. The maximum Gasteiger partial charge on any atom is 0.313 e. The molecule has 2 aromatic heterocycles. The minimum atomic E-state index is -1.09. The van der Waals surface area contributed by atoms with E-state index in [0.29, 0.717) is 22.7 Å². The number of hydrogen-bond donors (Lipinski definition) is 1. The van der Waals surface area contributed by atoms with E-state index in [2.05, 4.69) is 10.3 Å². The lowest BCUT2D eigenvalue weighted by atomic mass is 10.1. The number of anilines is 1. The fraction of sp³-hybridized carbons (Fsp3) is 0.136. The zero-order valence-corrected chi connectivity index (χ0v) is 17.0. The normalized spacial score (nSPS) is 11.8. The van der Waals surface area contributed by atoms with Crippen LogP contribution in [0.25, 0.3) is 4.96 Å². The van der Waals surface area contributed by atoms with E-state index in [4.69, 9.17) is 9.47 Å². The van der Waals surface area contributed by atoms with Gasteiger partial charge in [-0.15, -0.1) is 11.3 Å².